The summed E-state index contributed by atoms with van der Waals surface area (Å²) in [5, 5.41) is 3.71. The summed E-state index contributed by atoms with van der Waals surface area (Å²) >= 11 is 0. The number of hydrogen-bond acceptors (Lipinski definition) is 4. The van der Waals surface area contributed by atoms with Gasteiger partial charge >= 0.3 is 0 Å². The monoisotopic (exact) mass is 240 g/mol. The highest BCUT2D eigenvalue weighted by molar-refractivity contribution is 5.27. The van der Waals surface area contributed by atoms with Crippen LogP contribution in [0.5, 0.6) is 0 Å². The van der Waals surface area contributed by atoms with Gasteiger partial charge in [0.25, 0.3) is 0 Å². The minimum atomic E-state index is -0.321. The van der Waals surface area contributed by atoms with Crippen molar-refractivity contribution in [3.8, 4) is 0 Å². The van der Waals surface area contributed by atoms with Gasteiger partial charge in [-0.2, -0.15) is 5.11 Å². The van der Waals surface area contributed by atoms with Crippen molar-refractivity contribution >= 4 is 0 Å². The Bertz CT molecular complexity index is 484. The molecule has 2 rings (SSSR count). The van der Waals surface area contributed by atoms with Gasteiger partial charge in [-0.1, -0.05) is 60.7 Å². The molecule has 0 fully saturated rings. The van der Waals surface area contributed by atoms with E-state index >= 15 is 0 Å². The summed E-state index contributed by atoms with van der Waals surface area (Å²) in [6.07, 6.45) is 0. The molecule has 4 heteroatoms. The van der Waals surface area contributed by atoms with E-state index < -0.39 is 0 Å². The minimum absolute atomic E-state index is 0.203. The lowest BCUT2D eigenvalue weighted by Crippen LogP contribution is -2.31. The number of nitrogens with one attached hydrogen (secondary N) is 2. The molecule has 0 aliphatic rings. The molecule has 18 heavy (non-hydrogen) atoms. The predicted molar refractivity (Wildman–Crippen MR) is 70.8 cm³/mol. The molecule has 2 aromatic carbocycles. The Morgan fingerprint density at radius 3 is 1.83 bits per heavy atom. The Balaban J connectivity index is 2.34. The van der Waals surface area contributed by atoms with Crippen molar-refractivity contribution in [3.63, 3.8) is 0 Å². The molecule has 0 saturated carbocycles. The van der Waals surface area contributed by atoms with Gasteiger partial charge in [-0.3, -0.25) is 11.3 Å². The number of hydrogen-bond donors (Lipinski definition) is 3. The summed E-state index contributed by atoms with van der Waals surface area (Å²) in [7, 11) is 0. The minimum Gasteiger partial charge on any atom is -0.271 e. The molecule has 0 spiro atoms. The van der Waals surface area contributed by atoms with E-state index in [0.29, 0.717) is 0 Å². The molecule has 2 atom stereocenters. The molecule has 0 bridgehead atoms. The third kappa shape index (κ3) is 2.61. The summed E-state index contributed by atoms with van der Waals surface area (Å²) in [6.45, 7) is 0. The van der Waals surface area contributed by atoms with Crippen molar-refractivity contribution in [2.45, 2.75) is 12.1 Å². The van der Waals surface area contributed by atoms with Crippen LogP contribution in [0, 0.1) is 5.53 Å². The van der Waals surface area contributed by atoms with Crippen LogP contribution in [0.25, 0.3) is 0 Å². The second kappa shape index (κ2) is 6.05. The van der Waals surface area contributed by atoms with Crippen LogP contribution in [0.2, 0.25) is 0 Å². The second-order valence-electron chi connectivity index (χ2n) is 4.04. The summed E-state index contributed by atoms with van der Waals surface area (Å²) in [5.41, 5.74) is 12.2. The van der Waals surface area contributed by atoms with E-state index in [1.165, 1.54) is 0 Å². The molecule has 92 valence electrons. The van der Waals surface area contributed by atoms with E-state index in [1.54, 1.807) is 0 Å². The van der Waals surface area contributed by atoms with Gasteiger partial charge in [0.1, 0.15) is 6.04 Å². The molecule has 2 unspecified atom stereocenters. The van der Waals surface area contributed by atoms with Crippen molar-refractivity contribution in [2.24, 2.45) is 11.0 Å². The second-order valence-corrected chi connectivity index (χ2v) is 4.04. The highest BCUT2D eigenvalue weighted by atomic mass is 15.3. The lowest BCUT2D eigenvalue weighted by atomic mass is 9.94. The van der Waals surface area contributed by atoms with E-state index in [-0.39, 0.29) is 12.1 Å². The molecule has 0 heterocycles. The lowest BCUT2D eigenvalue weighted by Gasteiger charge is -2.22. The summed E-state index contributed by atoms with van der Waals surface area (Å²) in [6, 6.07) is 19.0. The highest BCUT2D eigenvalue weighted by Crippen LogP contribution is 2.31. The quantitative estimate of drug-likeness (QED) is 0.427. The van der Waals surface area contributed by atoms with Crippen molar-refractivity contribution in [3.05, 3.63) is 71.8 Å². The molecule has 0 saturated heterocycles. The van der Waals surface area contributed by atoms with Crippen LogP contribution in [0.1, 0.15) is 23.2 Å². The van der Waals surface area contributed by atoms with E-state index in [0.717, 1.165) is 11.1 Å². The number of hydrazine groups is 1. The molecule has 4 nitrogen and oxygen atoms in total. The summed E-state index contributed by atoms with van der Waals surface area (Å²) in [5.74, 6) is 5.63. The Labute approximate surface area is 106 Å². The molecule has 0 amide bonds. The van der Waals surface area contributed by atoms with Crippen LogP contribution in [-0.4, -0.2) is 0 Å². The fraction of sp³-hybridized carbons (Fsp3) is 0.143. The molecule has 0 radical (unpaired) electrons. The SMILES string of the molecule is N=NC(c1ccccc1)C(NN)c1ccccc1. The van der Waals surface area contributed by atoms with Crippen molar-refractivity contribution < 1.29 is 0 Å². The number of benzene rings is 2. The number of rotatable bonds is 5. The van der Waals surface area contributed by atoms with Gasteiger partial charge in [0, 0.05) is 0 Å². The first-order chi connectivity index (χ1) is 8.86. The Morgan fingerprint density at radius 1 is 0.889 bits per heavy atom. The molecular formula is C14H16N4. The first-order valence-electron chi connectivity index (χ1n) is 5.79. The molecular weight excluding hydrogens is 224 g/mol. The van der Waals surface area contributed by atoms with Gasteiger partial charge in [-0.25, -0.2) is 5.53 Å². The third-order valence-electron chi connectivity index (χ3n) is 2.93. The maximum atomic E-state index is 7.41. The van der Waals surface area contributed by atoms with E-state index in [9.17, 15) is 0 Å². The average molecular weight is 240 g/mol. The van der Waals surface area contributed by atoms with Gasteiger partial charge in [0.15, 0.2) is 0 Å². The predicted octanol–water partition coefficient (Wildman–Crippen LogP) is 2.96. The smallest absolute Gasteiger partial charge is 0.116 e. The van der Waals surface area contributed by atoms with E-state index in [4.69, 9.17) is 11.4 Å². The first-order valence-corrected chi connectivity index (χ1v) is 5.79. The topological polar surface area (TPSA) is 74.3 Å². The van der Waals surface area contributed by atoms with Crippen LogP contribution < -0.4 is 11.3 Å². The standard InChI is InChI=1S/C14H16N4/c15-17-13(11-7-3-1-4-8-11)14(18-16)12-9-5-2-6-10-12/h1-10,13-15,18H,16H2. The highest BCUT2D eigenvalue weighted by Gasteiger charge is 2.23. The van der Waals surface area contributed by atoms with Gasteiger partial charge in [-0.05, 0) is 11.1 Å². The maximum Gasteiger partial charge on any atom is 0.116 e. The first kappa shape index (κ1) is 12.4. The van der Waals surface area contributed by atoms with Gasteiger partial charge in [0.2, 0.25) is 0 Å². The normalized spacial score (nSPS) is 13.8. The van der Waals surface area contributed by atoms with Crippen molar-refractivity contribution in [1.82, 2.24) is 5.43 Å². The zero-order valence-electron chi connectivity index (χ0n) is 9.95. The van der Waals surface area contributed by atoms with E-state index in [2.05, 4.69) is 10.5 Å². The average Bonchev–Trinajstić information content (AvgIpc) is 2.46. The van der Waals surface area contributed by atoms with Crippen molar-refractivity contribution in [1.29, 1.82) is 5.53 Å². The summed E-state index contributed by atoms with van der Waals surface area (Å²) in [4.78, 5) is 0. The molecule has 4 N–H and O–H groups in total. The third-order valence-corrected chi connectivity index (χ3v) is 2.93. The van der Waals surface area contributed by atoms with Crippen LogP contribution in [0.15, 0.2) is 65.8 Å². The Kier molecular flexibility index (Phi) is 4.17. The van der Waals surface area contributed by atoms with Crippen LogP contribution in [-0.2, 0) is 0 Å². The fourth-order valence-corrected chi connectivity index (χ4v) is 2.02. The Morgan fingerprint density at radius 2 is 1.39 bits per heavy atom. The molecule has 0 aromatic heterocycles. The zero-order chi connectivity index (χ0) is 12.8. The van der Waals surface area contributed by atoms with Crippen LogP contribution in [0.3, 0.4) is 0 Å². The number of nitrogens with zero attached hydrogens (tertiary/aromatic N) is 1. The lowest BCUT2D eigenvalue weighted by molar-refractivity contribution is 0.448. The van der Waals surface area contributed by atoms with Crippen LogP contribution in [0.4, 0.5) is 0 Å². The molecule has 0 aliphatic heterocycles. The largest absolute Gasteiger partial charge is 0.271 e. The molecule has 2 aromatic rings. The van der Waals surface area contributed by atoms with E-state index in [1.807, 2.05) is 60.7 Å². The van der Waals surface area contributed by atoms with Crippen LogP contribution >= 0.6 is 0 Å². The van der Waals surface area contributed by atoms with Gasteiger partial charge in [0.05, 0.1) is 6.04 Å². The van der Waals surface area contributed by atoms with Gasteiger partial charge in [-0.15, -0.1) is 0 Å². The Hall–Kier alpha value is -2.04. The maximum absolute atomic E-state index is 7.41. The fourth-order valence-electron chi connectivity index (χ4n) is 2.02. The van der Waals surface area contributed by atoms with Crippen molar-refractivity contribution in [2.75, 3.05) is 0 Å². The number of nitrogens with two attached hydrogens (primary N) is 1. The van der Waals surface area contributed by atoms with Gasteiger partial charge < -0.3 is 0 Å². The molecule has 0 aliphatic carbocycles. The summed E-state index contributed by atoms with van der Waals surface area (Å²) < 4.78 is 0. The zero-order valence-corrected chi connectivity index (χ0v) is 9.95.